The minimum absolute atomic E-state index is 0.109. The SMILES string of the molecule is CC1(C)C(=O)N(c2ccc(C#N)c(C(F)(F)F)c2)C(S)N1C1CCC(CCCBr)CC1. The van der Waals surface area contributed by atoms with Gasteiger partial charge in [0.15, 0.2) is 0 Å². The van der Waals surface area contributed by atoms with Gasteiger partial charge in [-0.05, 0) is 76.5 Å². The summed E-state index contributed by atoms with van der Waals surface area (Å²) < 4.78 is 40.4. The smallest absolute Gasteiger partial charge is 0.285 e. The first-order valence-corrected chi connectivity index (χ1v) is 12.1. The van der Waals surface area contributed by atoms with Crippen LogP contribution < -0.4 is 4.90 Å². The average molecular weight is 518 g/mol. The Morgan fingerprint density at radius 1 is 1.26 bits per heavy atom. The van der Waals surface area contributed by atoms with E-state index in [2.05, 4.69) is 28.6 Å². The van der Waals surface area contributed by atoms with Crippen molar-refractivity contribution < 1.29 is 18.0 Å². The predicted octanol–water partition coefficient (Wildman–Crippen LogP) is 5.95. The quantitative estimate of drug-likeness (QED) is 0.387. The van der Waals surface area contributed by atoms with Gasteiger partial charge in [-0.15, -0.1) is 12.6 Å². The molecule has 170 valence electrons. The summed E-state index contributed by atoms with van der Waals surface area (Å²) in [6.07, 6.45) is 1.68. The van der Waals surface area contributed by atoms with E-state index in [1.165, 1.54) is 17.4 Å². The topological polar surface area (TPSA) is 47.3 Å². The Kier molecular flexibility index (Phi) is 7.34. The number of benzene rings is 1. The summed E-state index contributed by atoms with van der Waals surface area (Å²) in [6.45, 7) is 3.62. The summed E-state index contributed by atoms with van der Waals surface area (Å²) in [7, 11) is 0. The third-order valence-electron chi connectivity index (χ3n) is 6.53. The first kappa shape index (κ1) is 24.4. The fourth-order valence-electron chi connectivity index (χ4n) is 4.91. The maximum absolute atomic E-state index is 13.5. The summed E-state index contributed by atoms with van der Waals surface area (Å²) in [5, 5.41) is 10.1. The van der Waals surface area contributed by atoms with Gasteiger partial charge in [-0.2, -0.15) is 18.4 Å². The number of hydrogen-bond donors (Lipinski definition) is 1. The number of carbonyl (C=O) groups is 1. The molecule has 0 radical (unpaired) electrons. The molecule has 1 aliphatic carbocycles. The average Bonchev–Trinajstić information content (AvgIpc) is 2.90. The van der Waals surface area contributed by atoms with Crippen molar-refractivity contribution in [2.75, 3.05) is 10.2 Å². The van der Waals surface area contributed by atoms with Crippen molar-refractivity contribution >= 4 is 40.2 Å². The van der Waals surface area contributed by atoms with Gasteiger partial charge >= 0.3 is 6.18 Å². The molecule has 1 aliphatic heterocycles. The van der Waals surface area contributed by atoms with Crippen molar-refractivity contribution in [2.24, 2.45) is 5.92 Å². The van der Waals surface area contributed by atoms with Gasteiger partial charge in [-0.1, -0.05) is 15.9 Å². The number of rotatable bonds is 5. The van der Waals surface area contributed by atoms with E-state index in [1.807, 2.05) is 18.7 Å². The molecule has 2 fully saturated rings. The van der Waals surface area contributed by atoms with Crippen LogP contribution in [-0.4, -0.2) is 33.2 Å². The molecule has 1 aromatic carbocycles. The van der Waals surface area contributed by atoms with E-state index in [9.17, 15) is 18.0 Å². The van der Waals surface area contributed by atoms with E-state index < -0.39 is 28.3 Å². The Morgan fingerprint density at radius 3 is 2.45 bits per heavy atom. The van der Waals surface area contributed by atoms with Crippen molar-refractivity contribution in [3.05, 3.63) is 29.3 Å². The van der Waals surface area contributed by atoms with Gasteiger partial charge in [0.1, 0.15) is 5.50 Å². The van der Waals surface area contributed by atoms with Crippen molar-refractivity contribution in [1.82, 2.24) is 4.90 Å². The maximum Gasteiger partial charge on any atom is 0.417 e. The first-order valence-electron chi connectivity index (χ1n) is 10.5. The molecule has 9 heteroatoms. The van der Waals surface area contributed by atoms with Crippen LogP contribution in [0.3, 0.4) is 0 Å². The molecule has 0 aromatic heterocycles. The first-order chi connectivity index (χ1) is 14.5. The molecular weight excluding hydrogens is 491 g/mol. The van der Waals surface area contributed by atoms with E-state index in [4.69, 9.17) is 5.26 Å². The van der Waals surface area contributed by atoms with Crippen LogP contribution in [0, 0.1) is 17.2 Å². The molecule has 2 aliphatic rings. The number of thiol groups is 1. The standard InChI is InChI=1S/C22H27BrF3N3OS/c1-21(2)19(30)28(17-10-7-15(13-27)18(12-17)22(24,25)26)20(31)29(21)16-8-5-14(6-9-16)4-3-11-23/h7,10,12,14,16,20,31H,3-6,8-9,11H2,1-2H3. The van der Waals surface area contributed by atoms with E-state index in [1.54, 1.807) is 6.07 Å². The summed E-state index contributed by atoms with van der Waals surface area (Å²) in [6, 6.07) is 5.13. The Hall–Kier alpha value is -1.24. The van der Waals surface area contributed by atoms with E-state index in [-0.39, 0.29) is 17.6 Å². The molecule has 1 saturated carbocycles. The third-order valence-corrected chi connectivity index (χ3v) is 7.57. The van der Waals surface area contributed by atoms with Gasteiger partial charge in [0, 0.05) is 17.1 Å². The van der Waals surface area contributed by atoms with Crippen LogP contribution >= 0.6 is 28.6 Å². The molecule has 0 bridgehead atoms. The van der Waals surface area contributed by atoms with E-state index in [0.717, 1.165) is 49.6 Å². The Labute approximate surface area is 195 Å². The lowest BCUT2D eigenvalue weighted by Gasteiger charge is -2.41. The van der Waals surface area contributed by atoms with Crippen LogP contribution in [0.1, 0.15) is 63.5 Å². The van der Waals surface area contributed by atoms with Gasteiger partial charge in [-0.3, -0.25) is 14.6 Å². The number of amides is 1. The number of nitrogens with zero attached hydrogens (tertiary/aromatic N) is 3. The molecule has 1 saturated heterocycles. The molecule has 1 unspecified atom stereocenters. The summed E-state index contributed by atoms with van der Waals surface area (Å²) in [5.41, 5.74) is -2.94. The normalized spacial score (nSPS) is 26.8. The van der Waals surface area contributed by atoms with Crippen LogP contribution in [-0.2, 0) is 11.0 Å². The Morgan fingerprint density at radius 2 is 1.90 bits per heavy atom. The molecule has 3 rings (SSSR count). The Balaban J connectivity index is 1.87. The van der Waals surface area contributed by atoms with E-state index >= 15 is 0 Å². The monoisotopic (exact) mass is 517 g/mol. The van der Waals surface area contributed by atoms with Crippen molar-refractivity contribution in [1.29, 1.82) is 5.26 Å². The predicted molar refractivity (Wildman–Crippen MR) is 121 cm³/mol. The van der Waals surface area contributed by atoms with Gasteiger partial charge in [-0.25, -0.2) is 0 Å². The van der Waals surface area contributed by atoms with Crippen LogP contribution in [0.5, 0.6) is 0 Å². The van der Waals surface area contributed by atoms with Crippen LogP contribution in [0.25, 0.3) is 0 Å². The zero-order valence-corrected chi connectivity index (χ0v) is 20.1. The number of nitriles is 1. The zero-order valence-electron chi connectivity index (χ0n) is 17.6. The molecule has 0 spiro atoms. The van der Waals surface area contributed by atoms with Crippen molar-refractivity contribution in [3.63, 3.8) is 0 Å². The molecule has 0 N–H and O–H groups in total. The fourth-order valence-corrected chi connectivity index (χ4v) is 5.95. The van der Waals surface area contributed by atoms with Gasteiger partial charge in [0.2, 0.25) is 5.91 Å². The third kappa shape index (κ3) is 4.76. The second kappa shape index (κ2) is 9.32. The number of halogens is 4. The maximum atomic E-state index is 13.5. The zero-order chi connectivity index (χ0) is 23.0. The fraction of sp³-hybridized carbons (Fsp3) is 0.636. The molecular formula is C22H27BrF3N3OS. The molecule has 1 atom stereocenters. The highest BCUT2D eigenvalue weighted by Gasteiger charge is 2.54. The molecule has 1 amide bonds. The lowest BCUT2D eigenvalue weighted by Crippen LogP contribution is -2.51. The minimum Gasteiger partial charge on any atom is -0.285 e. The van der Waals surface area contributed by atoms with Crippen molar-refractivity contribution in [3.8, 4) is 6.07 Å². The summed E-state index contributed by atoms with van der Waals surface area (Å²) >= 11 is 8.17. The van der Waals surface area contributed by atoms with Crippen LogP contribution in [0.15, 0.2) is 18.2 Å². The number of carbonyl (C=O) groups excluding carboxylic acids is 1. The largest absolute Gasteiger partial charge is 0.417 e. The molecule has 4 nitrogen and oxygen atoms in total. The highest BCUT2D eigenvalue weighted by atomic mass is 79.9. The second-order valence-corrected chi connectivity index (χ2v) is 10.1. The lowest BCUT2D eigenvalue weighted by atomic mass is 9.82. The van der Waals surface area contributed by atoms with Gasteiger partial charge in [0.05, 0.1) is 22.7 Å². The van der Waals surface area contributed by atoms with Gasteiger partial charge < -0.3 is 0 Å². The summed E-state index contributed by atoms with van der Waals surface area (Å²) in [4.78, 5) is 16.7. The molecule has 1 aromatic rings. The van der Waals surface area contributed by atoms with Crippen LogP contribution in [0.2, 0.25) is 0 Å². The number of anilines is 1. The molecule has 1 heterocycles. The van der Waals surface area contributed by atoms with Crippen molar-refractivity contribution in [2.45, 2.75) is 75.6 Å². The van der Waals surface area contributed by atoms with Gasteiger partial charge in [0.25, 0.3) is 0 Å². The van der Waals surface area contributed by atoms with Crippen LogP contribution in [0.4, 0.5) is 18.9 Å². The minimum atomic E-state index is -4.68. The van der Waals surface area contributed by atoms with E-state index in [0.29, 0.717) is 5.92 Å². The highest BCUT2D eigenvalue weighted by molar-refractivity contribution is 9.09. The Bertz CT molecular complexity index is 863. The lowest BCUT2D eigenvalue weighted by molar-refractivity contribution is -0.137. The molecule has 31 heavy (non-hydrogen) atoms. The highest BCUT2D eigenvalue weighted by Crippen LogP contribution is 2.44. The summed E-state index contributed by atoms with van der Waals surface area (Å²) in [5.74, 6) is 0.393. The number of hydrogen-bond acceptors (Lipinski definition) is 4. The number of alkyl halides is 4. The second-order valence-electron chi connectivity index (χ2n) is 8.83.